The van der Waals surface area contributed by atoms with Gasteiger partial charge in [0.05, 0.1) is 21.2 Å². The van der Waals surface area contributed by atoms with Gasteiger partial charge in [0.25, 0.3) is 15.9 Å². The number of nitrogens with one attached hydrogen (secondary N) is 1. The molecular formula is C20H23ClN2O3S. The van der Waals surface area contributed by atoms with Crippen molar-refractivity contribution in [3.8, 4) is 0 Å². The molecule has 0 atom stereocenters. The molecule has 0 unspecified atom stereocenters. The van der Waals surface area contributed by atoms with Crippen LogP contribution in [0.25, 0.3) is 0 Å². The van der Waals surface area contributed by atoms with Gasteiger partial charge in [-0.3, -0.25) is 9.10 Å². The molecule has 2 aromatic rings. The van der Waals surface area contributed by atoms with Crippen molar-refractivity contribution in [3.05, 3.63) is 58.6 Å². The Morgan fingerprint density at radius 3 is 2.78 bits per heavy atom. The molecule has 2 aromatic carbocycles. The first kappa shape index (κ1) is 19.7. The number of benzene rings is 2. The Morgan fingerprint density at radius 2 is 2.00 bits per heavy atom. The largest absolute Gasteiger partial charge is 0.352 e. The standard InChI is InChI=1S/C20H23ClN2O3S/c1-2-3-12-22-20(24)17-14-16(10-11-18(17)21)27(25,26)23-13-6-8-15-7-4-5-9-19(15)23/h4-5,7,9-11,14H,2-3,6,8,12-13H2,1H3,(H,22,24). The van der Waals surface area contributed by atoms with Crippen LogP contribution in [0.2, 0.25) is 5.02 Å². The zero-order valence-corrected chi connectivity index (χ0v) is 16.8. The molecule has 27 heavy (non-hydrogen) atoms. The number of rotatable bonds is 6. The highest BCUT2D eigenvalue weighted by Gasteiger charge is 2.29. The number of sulfonamides is 1. The molecule has 3 rings (SSSR count). The van der Waals surface area contributed by atoms with Crippen molar-refractivity contribution in [3.63, 3.8) is 0 Å². The van der Waals surface area contributed by atoms with Crippen LogP contribution in [-0.2, 0) is 16.4 Å². The van der Waals surface area contributed by atoms with E-state index in [4.69, 9.17) is 11.6 Å². The fraction of sp³-hybridized carbons (Fsp3) is 0.350. The van der Waals surface area contributed by atoms with Crippen molar-refractivity contribution in [2.24, 2.45) is 0 Å². The van der Waals surface area contributed by atoms with Gasteiger partial charge in [0.1, 0.15) is 0 Å². The van der Waals surface area contributed by atoms with Gasteiger partial charge in [0.15, 0.2) is 0 Å². The maximum atomic E-state index is 13.2. The zero-order valence-electron chi connectivity index (χ0n) is 15.2. The Labute approximate surface area is 165 Å². The van der Waals surface area contributed by atoms with E-state index in [-0.39, 0.29) is 21.4 Å². The fourth-order valence-corrected chi connectivity index (χ4v) is 4.96. The van der Waals surface area contributed by atoms with E-state index in [1.54, 1.807) is 0 Å². The number of fused-ring (bicyclic) bond motifs is 1. The summed E-state index contributed by atoms with van der Waals surface area (Å²) >= 11 is 6.15. The summed E-state index contributed by atoms with van der Waals surface area (Å²) < 4.78 is 27.9. The summed E-state index contributed by atoms with van der Waals surface area (Å²) in [7, 11) is -3.78. The minimum absolute atomic E-state index is 0.0734. The summed E-state index contributed by atoms with van der Waals surface area (Å²) in [5, 5.41) is 3.02. The van der Waals surface area contributed by atoms with E-state index in [0.717, 1.165) is 31.2 Å². The van der Waals surface area contributed by atoms with E-state index in [1.807, 2.05) is 31.2 Å². The van der Waals surface area contributed by atoms with Crippen molar-refractivity contribution in [1.82, 2.24) is 5.32 Å². The quantitative estimate of drug-likeness (QED) is 0.737. The number of carbonyl (C=O) groups excluding carboxylic acids is 1. The number of halogens is 1. The Balaban J connectivity index is 1.94. The second-order valence-corrected chi connectivity index (χ2v) is 8.83. The number of carbonyl (C=O) groups is 1. The highest BCUT2D eigenvalue weighted by Crippen LogP contribution is 2.32. The molecule has 5 nitrogen and oxygen atoms in total. The molecule has 0 saturated heterocycles. The Hall–Kier alpha value is -2.05. The zero-order chi connectivity index (χ0) is 19.4. The Morgan fingerprint density at radius 1 is 1.22 bits per heavy atom. The summed E-state index contributed by atoms with van der Waals surface area (Å²) in [5.74, 6) is -0.357. The first-order valence-electron chi connectivity index (χ1n) is 9.13. The van der Waals surface area contributed by atoms with Crippen molar-refractivity contribution < 1.29 is 13.2 Å². The topological polar surface area (TPSA) is 66.5 Å². The van der Waals surface area contributed by atoms with Gasteiger partial charge in [0, 0.05) is 13.1 Å². The van der Waals surface area contributed by atoms with Crippen LogP contribution in [0, 0.1) is 0 Å². The molecule has 1 heterocycles. The first-order valence-corrected chi connectivity index (χ1v) is 11.0. The lowest BCUT2D eigenvalue weighted by molar-refractivity contribution is 0.0953. The molecule has 0 radical (unpaired) electrons. The van der Waals surface area contributed by atoms with Gasteiger partial charge in [-0.05, 0) is 49.1 Å². The number of para-hydroxylation sites is 1. The molecule has 7 heteroatoms. The van der Waals surface area contributed by atoms with Gasteiger partial charge >= 0.3 is 0 Å². The summed E-state index contributed by atoms with van der Waals surface area (Å²) in [4.78, 5) is 12.5. The molecule has 0 spiro atoms. The van der Waals surface area contributed by atoms with E-state index in [9.17, 15) is 13.2 Å². The van der Waals surface area contributed by atoms with E-state index < -0.39 is 10.0 Å². The van der Waals surface area contributed by atoms with Crippen LogP contribution >= 0.6 is 11.6 Å². The van der Waals surface area contributed by atoms with Crippen LogP contribution < -0.4 is 9.62 Å². The van der Waals surface area contributed by atoms with Gasteiger partial charge in [-0.1, -0.05) is 43.1 Å². The molecule has 0 saturated carbocycles. The fourth-order valence-electron chi connectivity index (χ4n) is 3.19. The van der Waals surface area contributed by atoms with E-state index in [0.29, 0.717) is 18.8 Å². The van der Waals surface area contributed by atoms with Crippen LogP contribution in [-0.4, -0.2) is 27.4 Å². The number of nitrogens with zero attached hydrogens (tertiary/aromatic N) is 1. The Kier molecular flexibility index (Phi) is 6.07. The van der Waals surface area contributed by atoms with Crippen LogP contribution in [0.3, 0.4) is 0 Å². The minimum atomic E-state index is -3.78. The summed E-state index contributed by atoms with van der Waals surface area (Å²) in [6, 6.07) is 11.8. The third-order valence-corrected chi connectivity index (χ3v) is 6.79. The van der Waals surface area contributed by atoms with E-state index >= 15 is 0 Å². The predicted octanol–water partition coefficient (Wildman–Crippen LogP) is 4.01. The molecule has 1 aliphatic heterocycles. The van der Waals surface area contributed by atoms with Crippen molar-refractivity contribution >= 4 is 33.2 Å². The smallest absolute Gasteiger partial charge is 0.264 e. The molecular weight excluding hydrogens is 384 g/mol. The van der Waals surface area contributed by atoms with E-state index in [2.05, 4.69) is 5.32 Å². The average Bonchev–Trinajstić information content (AvgIpc) is 2.67. The lowest BCUT2D eigenvalue weighted by Crippen LogP contribution is -2.35. The number of hydrogen-bond donors (Lipinski definition) is 1. The maximum absolute atomic E-state index is 13.2. The monoisotopic (exact) mass is 406 g/mol. The second kappa shape index (κ2) is 8.31. The summed E-state index contributed by atoms with van der Waals surface area (Å²) in [6.45, 7) is 2.98. The van der Waals surface area contributed by atoms with E-state index in [1.165, 1.54) is 22.5 Å². The SMILES string of the molecule is CCCCNC(=O)c1cc(S(=O)(=O)N2CCCc3ccccc32)ccc1Cl. The van der Waals surface area contributed by atoms with Gasteiger partial charge in [-0.15, -0.1) is 0 Å². The van der Waals surface area contributed by atoms with Gasteiger partial charge in [0.2, 0.25) is 0 Å². The molecule has 1 N–H and O–H groups in total. The van der Waals surface area contributed by atoms with Gasteiger partial charge in [-0.25, -0.2) is 8.42 Å². The maximum Gasteiger partial charge on any atom is 0.264 e. The van der Waals surface area contributed by atoms with Crippen molar-refractivity contribution in [2.45, 2.75) is 37.5 Å². The highest BCUT2D eigenvalue weighted by molar-refractivity contribution is 7.92. The normalized spacial score (nSPS) is 13.9. The van der Waals surface area contributed by atoms with Gasteiger partial charge < -0.3 is 5.32 Å². The highest BCUT2D eigenvalue weighted by atomic mass is 35.5. The van der Waals surface area contributed by atoms with Crippen LogP contribution in [0.1, 0.15) is 42.1 Å². The van der Waals surface area contributed by atoms with Crippen LogP contribution in [0.15, 0.2) is 47.4 Å². The molecule has 0 aromatic heterocycles. The van der Waals surface area contributed by atoms with Crippen LogP contribution in [0.4, 0.5) is 5.69 Å². The molecule has 1 aliphatic rings. The summed E-state index contributed by atoms with van der Waals surface area (Å²) in [5.41, 5.74) is 1.89. The van der Waals surface area contributed by atoms with Crippen LogP contribution in [0.5, 0.6) is 0 Å². The molecule has 1 amide bonds. The van der Waals surface area contributed by atoms with Crippen molar-refractivity contribution in [1.29, 1.82) is 0 Å². The first-order chi connectivity index (χ1) is 12.9. The number of anilines is 1. The predicted molar refractivity (Wildman–Crippen MR) is 108 cm³/mol. The molecule has 0 bridgehead atoms. The minimum Gasteiger partial charge on any atom is -0.352 e. The Bertz CT molecular complexity index is 944. The molecule has 144 valence electrons. The second-order valence-electron chi connectivity index (χ2n) is 6.56. The number of amides is 1. The van der Waals surface area contributed by atoms with Crippen molar-refractivity contribution in [2.75, 3.05) is 17.4 Å². The average molecular weight is 407 g/mol. The lowest BCUT2D eigenvalue weighted by atomic mass is 10.0. The third-order valence-electron chi connectivity index (χ3n) is 4.65. The number of hydrogen-bond acceptors (Lipinski definition) is 3. The third kappa shape index (κ3) is 4.12. The molecule has 0 aliphatic carbocycles. The number of unbranched alkanes of at least 4 members (excludes halogenated alkanes) is 1. The van der Waals surface area contributed by atoms with Gasteiger partial charge in [-0.2, -0.15) is 0 Å². The summed E-state index contributed by atoms with van der Waals surface area (Å²) in [6.07, 6.45) is 3.42. The molecule has 0 fully saturated rings. The lowest BCUT2D eigenvalue weighted by Gasteiger charge is -2.30. The number of aryl methyl sites for hydroxylation is 1.